The van der Waals surface area contributed by atoms with Crippen LogP contribution >= 0.6 is 186 Å². The molecule has 0 atom stereocenters. The molecule has 0 unspecified atom stereocenters. The van der Waals surface area contributed by atoms with Crippen molar-refractivity contribution in [3.8, 4) is 0 Å². The van der Waals surface area contributed by atoms with Crippen molar-refractivity contribution in [1.29, 1.82) is 0 Å². The summed E-state index contributed by atoms with van der Waals surface area (Å²) in [7, 11) is 0. The molecule has 0 spiro atoms. The van der Waals surface area contributed by atoms with E-state index in [0.29, 0.717) is 0 Å². The van der Waals surface area contributed by atoms with Crippen LogP contribution in [0.1, 0.15) is 45.0 Å². The van der Waals surface area contributed by atoms with E-state index in [-0.39, 0.29) is 169 Å². The molecule has 0 radical (unpaired) electrons. The fourth-order valence-corrected chi connectivity index (χ4v) is 11.9. The van der Waals surface area contributed by atoms with Crippen LogP contribution in [-0.4, -0.2) is 19.9 Å². The highest BCUT2D eigenvalue weighted by atomic mass is 35.5. The molecule has 0 aliphatic carbocycles. The number of halogens is 16. The predicted octanol–water partition coefficient (Wildman–Crippen LogP) is 16.8. The van der Waals surface area contributed by atoms with Crippen molar-refractivity contribution in [2.45, 2.75) is 0 Å². The summed E-state index contributed by atoms with van der Waals surface area (Å²) in [6, 6.07) is 19.8. The Morgan fingerprint density at radius 3 is 0.562 bits per heavy atom. The SMILES string of the molecule is Clc1cccc(Cl)c1C1=c2[nH]c(c(Cl)c2Cl)=C(c2c(Cl)cccc2Cl)c2[nH]c(c(Cl)c2Cl)C(c2c(Cl)cccc2Cl)=c2[nH]c(c(Cl)c2Cl)=C(c2c(Cl)cccc2Cl)c2[nH]c1c(Cl)c2Cl. The van der Waals surface area contributed by atoms with Gasteiger partial charge in [0, 0.05) is 44.5 Å². The summed E-state index contributed by atoms with van der Waals surface area (Å²) in [5, 5.41) is 2.20. The molecule has 4 nitrogen and oxygen atoms in total. The fourth-order valence-electron chi connectivity index (χ4n) is 7.64. The third-order valence-corrected chi connectivity index (χ3v) is 16.3. The van der Waals surface area contributed by atoms with Crippen molar-refractivity contribution >= 4 is 208 Å². The molecule has 9 rings (SSSR count). The Labute approximate surface area is 442 Å². The van der Waals surface area contributed by atoms with E-state index in [2.05, 4.69) is 19.9 Å². The van der Waals surface area contributed by atoms with Crippen molar-refractivity contribution in [2.24, 2.45) is 0 Å². The Balaban J connectivity index is 1.66. The fraction of sp³-hybridized carbons (Fsp3) is 0. The highest BCUT2D eigenvalue weighted by Crippen LogP contribution is 2.47. The minimum atomic E-state index is -0.0122. The summed E-state index contributed by atoms with van der Waals surface area (Å²) in [5.41, 5.74) is 2.69. The maximum atomic E-state index is 7.34. The van der Waals surface area contributed by atoms with Crippen LogP contribution < -0.4 is 21.4 Å². The van der Waals surface area contributed by atoms with Gasteiger partial charge in [-0.25, -0.2) is 0 Å². The number of benzene rings is 4. The molecule has 4 aromatic heterocycles. The first-order valence-electron chi connectivity index (χ1n) is 18.0. The van der Waals surface area contributed by atoms with Crippen molar-refractivity contribution in [1.82, 2.24) is 19.9 Å². The first-order valence-corrected chi connectivity index (χ1v) is 24.0. The zero-order chi connectivity index (χ0) is 45.8. The van der Waals surface area contributed by atoms with Gasteiger partial charge in [0.05, 0.1) is 125 Å². The maximum Gasteiger partial charge on any atom is 0.0855 e. The van der Waals surface area contributed by atoms with Gasteiger partial charge in [-0.1, -0.05) is 210 Å². The predicted molar refractivity (Wildman–Crippen MR) is 274 cm³/mol. The van der Waals surface area contributed by atoms with Crippen molar-refractivity contribution in [3.63, 3.8) is 0 Å². The Bertz CT molecular complexity index is 3050. The molecule has 0 amide bonds. The van der Waals surface area contributed by atoms with Crippen LogP contribution in [0.25, 0.3) is 22.3 Å². The van der Waals surface area contributed by atoms with Gasteiger partial charge in [0.15, 0.2) is 0 Å². The van der Waals surface area contributed by atoms with Crippen LogP contribution in [0.5, 0.6) is 0 Å². The average molecular weight is 1170 g/mol. The number of rotatable bonds is 4. The van der Waals surface area contributed by atoms with E-state index in [9.17, 15) is 0 Å². The van der Waals surface area contributed by atoms with E-state index in [1.165, 1.54) is 0 Å². The number of hydrogen-bond acceptors (Lipinski definition) is 0. The van der Waals surface area contributed by atoms with Gasteiger partial charge in [-0.3, -0.25) is 0 Å². The third kappa shape index (κ3) is 7.61. The number of H-pyrrole nitrogens is 4. The minimum Gasteiger partial charge on any atom is -0.352 e. The lowest BCUT2D eigenvalue weighted by atomic mass is 10.0. The lowest BCUT2D eigenvalue weighted by molar-refractivity contribution is 1.19. The molecule has 8 bridgehead atoms. The number of aromatic nitrogens is 4. The first-order chi connectivity index (χ1) is 30.4. The first kappa shape index (κ1) is 47.2. The quantitative estimate of drug-likeness (QED) is 0.136. The zero-order valence-electron chi connectivity index (χ0n) is 31.0. The number of hydrogen-bond donors (Lipinski definition) is 4. The summed E-state index contributed by atoms with van der Waals surface area (Å²) in [6.45, 7) is 0. The number of aromatic amines is 4. The molecule has 324 valence electrons. The van der Waals surface area contributed by atoms with Crippen molar-refractivity contribution < 1.29 is 0 Å². The van der Waals surface area contributed by atoms with E-state index >= 15 is 0 Å². The lowest BCUT2D eigenvalue weighted by Gasteiger charge is -2.14. The summed E-state index contributed by atoms with van der Waals surface area (Å²) in [4.78, 5) is 13.6. The monoisotopic (exact) mass is 1160 g/mol. The molecule has 64 heavy (non-hydrogen) atoms. The van der Waals surface area contributed by atoms with Gasteiger partial charge in [-0.15, -0.1) is 0 Å². The second-order valence-electron chi connectivity index (χ2n) is 13.9. The van der Waals surface area contributed by atoms with Gasteiger partial charge in [0.2, 0.25) is 0 Å². The third-order valence-electron chi connectivity index (χ3n) is 10.4. The molecule has 0 saturated heterocycles. The van der Waals surface area contributed by atoms with Crippen LogP contribution in [0.15, 0.2) is 72.8 Å². The van der Waals surface area contributed by atoms with E-state index < -0.39 is 0 Å². The van der Waals surface area contributed by atoms with Crippen molar-refractivity contribution in [2.75, 3.05) is 0 Å². The van der Waals surface area contributed by atoms with Gasteiger partial charge in [0.25, 0.3) is 0 Å². The molecule has 5 heterocycles. The molecule has 4 aromatic carbocycles. The topological polar surface area (TPSA) is 63.2 Å². The molecule has 0 saturated carbocycles. The van der Waals surface area contributed by atoms with Gasteiger partial charge >= 0.3 is 0 Å². The molecular formula is C44H16Cl16N4. The van der Waals surface area contributed by atoms with E-state index in [4.69, 9.17) is 186 Å². The van der Waals surface area contributed by atoms with Gasteiger partial charge in [-0.2, -0.15) is 0 Å². The van der Waals surface area contributed by atoms with Crippen LogP contribution in [0.4, 0.5) is 0 Å². The Hall–Kier alpha value is -1.88. The molecule has 4 N–H and O–H groups in total. The Morgan fingerprint density at radius 1 is 0.219 bits per heavy atom. The van der Waals surface area contributed by atoms with Gasteiger partial charge in [-0.05, 0) is 48.5 Å². The zero-order valence-corrected chi connectivity index (χ0v) is 43.1. The summed E-state index contributed by atoms with van der Waals surface area (Å²) < 4.78 is 0. The number of nitrogens with one attached hydrogen (secondary N) is 4. The van der Waals surface area contributed by atoms with Gasteiger partial charge < -0.3 is 19.9 Å². The molecule has 20 heteroatoms. The van der Waals surface area contributed by atoms with E-state index in [1.54, 1.807) is 72.8 Å². The molecular weight excluding hydrogens is 1150 g/mol. The van der Waals surface area contributed by atoms with Crippen LogP contribution in [0, 0.1) is 0 Å². The van der Waals surface area contributed by atoms with Gasteiger partial charge in [0.1, 0.15) is 0 Å². The Kier molecular flexibility index (Phi) is 13.4. The highest BCUT2D eigenvalue weighted by molar-refractivity contribution is 6.48. The van der Waals surface area contributed by atoms with E-state index in [0.717, 1.165) is 0 Å². The molecule has 0 fully saturated rings. The second kappa shape index (κ2) is 18.2. The largest absolute Gasteiger partial charge is 0.352 e. The summed E-state index contributed by atoms with van der Waals surface area (Å²) in [5.74, 6) is 0. The lowest BCUT2D eigenvalue weighted by Crippen LogP contribution is -2.20. The molecule has 8 aromatic rings. The normalized spacial score (nSPS) is 12.9. The standard InChI is InChI=1S/C44H16Cl16N4/c45-13-5-1-6-14(46)21(13)25-37-29(53)31(55)39(61-37)26(22-15(47)7-2-8-16(22)48)41-33(57)35(59)43(63-41)28(24-19(51)11-4-12-20(24)52)44-36(60)34(58)42(64-44)27(23-17(49)9-3-10-18(23)50)40-32(56)30(54)38(25)62-40/h1-12,61-64H. The smallest absolute Gasteiger partial charge is 0.0855 e. The van der Waals surface area contributed by atoms with Crippen LogP contribution in [0.2, 0.25) is 80.4 Å². The minimum absolute atomic E-state index is 0.0122. The number of fused-ring (bicyclic) bond motifs is 8. The second-order valence-corrected chi connectivity index (χ2v) is 20.2. The summed E-state index contributed by atoms with van der Waals surface area (Å²) in [6.07, 6.45) is 0. The maximum absolute atomic E-state index is 7.34. The summed E-state index contributed by atoms with van der Waals surface area (Å²) >= 11 is 115. The molecule has 1 aliphatic heterocycles. The average Bonchev–Trinajstić information content (AvgIpc) is 3.91. The highest BCUT2D eigenvalue weighted by Gasteiger charge is 2.33. The van der Waals surface area contributed by atoms with Crippen LogP contribution in [0.3, 0.4) is 0 Å². The van der Waals surface area contributed by atoms with Crippen LogP contribution in [-0.2, 0) is 0 Å². The van der Waals surface area contributed by atoms with E-state index in [1.807, 2.05) is 0 Å². The molecule has 1 aliphatic rings. The van der Waals surface area contributed by atoms with Crippen molar-refractivity contribution in [3.05, 3.63) is 220 Å². The Morgan fingerprint density at radius 2 is 0.391 bits per heavy atom.